The Bertz CT molecular complexity index is 1440. The highest BCUT2D eigenvalue weighted by atomic mass is 32.1. The highest BCUT2D eigenvalue weighted by molar-refractivity contribution is 7.17. The summed E-state index contributed by atoms with van der Waals surface area (Å²) in [5, 5.41) is 8.22. The van der Waals surface area contributed by atoms with Crippen molar-refractivity contribution in [3.05, 3.63) is 77.7 Å². The van der Waals surface area contributed by atoms with Gasteiger partial charge in [0.25, 0.3) is 0 Å². The molecule has 33 heavy (non-hydrogen) atoms. The molecule has 0 spiro atoms. The molecule has 0 unspecified atom stereocenters. The minimum absolute atomic E-state index is 0.500. The number of aliphatic imine (C=N–C) groups is 1. The minimum Gasteiger partial charge on any atom is -0.378 e. The molecule has 1 aliphatic rings. The number of hydrogen-bond acceptors (Lipinski definition) is 7. The molecule has 0 bridgehead atoms. The van der Waals surface area contributed by atoms with Gasteiger partial charge in [-0.15, -0.1) is 11.3 Å². The zero-order valence-corrected chi connectivity index (χ0v) is 18.8. The minimum atomic E-state index is 0.500. The Kier molecular flexibility index (Phi) is 5.29. The highest BCUT2D eigenvalue weighted by Gasteiger charge is 2.18. The summed E-state index contributed by atoms with van der Waals surface area (Å²) in [6.45, 7) is 3.60. The number of anilines is 1. The molecule has 7 nitrogen and oxygen atoms in total. The number of ether oxygens (including phenoxy) is 1. The Labute approximate surface area is 195 Å². The maximum Gasteiger partial charge on any atom is 0.177 e. The summed E-state index contributed by atoms with van der Waals surface area (Å²) in [5.74, 6) is 0. The fourth-order valence-corrected chi connectivity index (χ4v) is 5.04. The number of rotatable bonds is 5. The average Bonchev–Trinajstić information content (AvgIpc) is 3.49. The van der Waals surface area contributed by atoms with Crippen molar-refractivity contribution < 1.29 is 4.74 Å². The van der Waals surface area contributed by atoms with E-state index in [0.717, 1.165) is 46.9 Å². The van der Waals surface area contributed by atoms with Crippen LogP contribution in [0.2, 0.25) is 0 Å². The van der Waals surface area contributed by atoms with Gasteiger partial charge in [-0.25, -0.2) is 9.50 Å². The van der Waals surface area contributed by atoms with Crippen molar-refractivity contribution in [1.82, 2.24) is 19.6 Å². The zero-order valence-electron chi connectivity index (χ0n) is 18.0. The quantitative estimate of drug-likeness (QED) is 0.367. The van der Waals surface area contributed by atoms with E-state index in [2.05, 4.69) is 45.6 Å². The topological polar surface area (TPSA) is 67.9 Å². The molecule has 4 aromatic heterocycles. The molecular formula is C25H22N6OS. The molecule has 1 saturated heterocycles. The van der Waals surface area contributed by atoms with Gasteiger partial charge in [-0.3, -0.25) is 9.98 Å². The summed E-state index contributed by atoms with van der Waals surface area (Å²) in [6, 6.07) is 14.5. The van der Waals surface area contributed by atoms with Crippen molar-refractivity contribution in [3.63, 3.8) is 0 Å². The standard InChI is InChI=1S/C25H22N6OS/c1-2-4-24-21(3-1)19(17-33-24)14-27-15-20-13-23(30-9-11-32-12-10-30)25-28-22(16-31(25)29-20)18-5-7-26-8-6-18/h1-8,13-14,16-17H,9-12,15H2. The van der Waals surface area contributed by atoms with E-state index in [4.69, 9.17) is 19.8 Å². The third-order valence-electron chi connectivity index (χ3n) is 5.78. The van der Waals surface area contributed by atoms with Crippen molar-refractivity contribution in [2.45, 2.75) is 6.54 Å². The van der Waals surface area contributed by atoms with E-state index < -0.39 is 0 Å². The molecule has 0 atom stereocenters. The maximum atomic E-state index is 5.57. The molecule has 5 heterocycles. The first-order valence-corrected chi connectivity index (χ1v) is 11.8. The van der Waals surface area contributed by atoms with Crippen LogP contribution in [0.4, 0.5) is 5.69 Å². The number of morpholine rings is 1. The summed E-state index contributed by atoms with van der Waals surface area (Å²) >= 11 is 1.74. The number of thiophene rings is 1. The normalized spacial score (nSPS) is 14.6. The Balaban J connectivity index is 1.36. The first-order valence-electron chi connectivity index (χ1n) is 10.9. The Morgan fingerprint density at radius 1 is 1.09 bits per heavy atom. The second kappa shape index (κ2) is 8.73. The Morgan fingerprint density at radius 3 is 2.82 bits per heavy atom. The Morgan fingerprint density at radius 2 is 1.94 bits per heavy atom. The van der Waals surface area contributed by atoms with Crippen molar-refractivity contribution >= 4 is 39.0 Å². The molecule has 0 N–H and O–H groups in total. The van der Waals surface area contributed by atoms with Gasteiger partial charge in [0.05, 0.1) is 43.0 Å². The fourth-order valence-electron chi connectivity index (χ4n) is 4.12. The van der Waals surface area contributed by atoms with Crippen LogP contribution in [0.15, 0.2) is 71.4 Å². The molecule has 0 radical (unpaired) electrons. The van der Waals surface area contributed by atoms with Crippen LogP contribution in [0.25, 0.3) is 27.0 Å². The molecule has 1 fully saturated rings. The largest absolute Gasteiger partial charge is 0.378 e. The summed E-state index contributed by atoms with van der Waals surface area (Å²) in [6.07, 6.45) is 7.50. The molecule has 0 amide bonds. The molecular weight excluding hydrogens is 432 g/mol. The molecule has 8 heteroatoms. The van der Waals surface area contributed by atoms with Gasteiger partial charge in [-0.2, -0.15) is 5.10 Å². The maximum absolute atomic E-state index is 5.57. The molecule has 1 aliphatic heterocycles. The van der Waals surface area contributed by atoms with Crippen LogP contribution in [-0.4, -0.2) is 52.1 Å². The van der Waals surface area contributed by atoms with E-state index >= 15 is 0 Å². The van der Waals surface area contributed by atoms with Gasteiger partial charge < -0.3 is 9.64 Å². The fraction of sp³-hybridized carbons (Fsp3) is 0.200. The lowest BCUT2D eigenvalue weighted by Gasteiger charge is -2.29. The van der Waals surface area contributed by atoms with Crippen LogP contribution in [0.1, 0.15) is 11.3 Å². The van der Waals surface area contributed by atoms with Crippen molar-refractivity contribution in [2.24, 2.45) is 4.99 Å². The molecule has 6 rings (SSSR count). The van der Waals surface area contributed by atoms with E-state index in [1.54, 1.807) is 23.7 Å². The molecule has 1 aromatic carbocycles. The highest BCUT2D eigenvalue weighted by Crippen LogP contribution is 2.27. The lowest BCUT2D eigenvalue weighted by atomic mass is 10.2. The third kappa shape index (κ3) is 3.99. The van der Waals surface area contributed by atoms with Gasteiger partial charge in [-0.1, -0.05) is 18.2 Å². The number of fused-ring (bicyclic) bond motifs is 2. The van der Waals surface area contributed by atoms with Crippen LogP contribution in [0, 0.1) is 0 Å². The van der Waals surface area contributed by atoms with E-state index in [0.29, 0.717) is 19.8 Å². The molecule has 0 saturated carbocycles. The van der Waals surface area contributed by atoms with Gasteiger partial charge in [0.1, 0.15) is 0 Å². The second-order valence-corrected chi connectivity index (χ2v) is 8.82. The average molecular weight is 455 g/mol. The lowest BCUT2D eigenvalue weighted by Crippen LogP contribution is -2.36. The predicted molar refractivity (Wildman–Crippen MR) is 132 cm³/mol. The van der Waals surface area contributed by atoms with Gasteiger partial charge >= 0.3 is 0 Å². The predicted octanol–water partition coefficient (Wildman–Crippen LogP) is 4.46. The zero-order chi connectivity index (χ0) is 22.0. The smallest absolute Gasteiger partial charge is 0.177 e. The number of aromatic nitrogens is 4. The lowest BCUT2D eigenvalue weighted by molar-refractivity contribution is 0.123. The SMILES string of the molecule is C(=NCc1cc(N2CCOCC2)c2nc(-c3ccncc3)cn2n1)c1csc2ccccc12. The van der Waals surface area contributed by atoms with Crippen molar-refractivity contribution in [3.8, 4) is 11.3 Å². The van der Waals surface area contributed by atoms with Crippen LogP contribution in [-0.2, 0) is 11.3 Å². The van der Waals surface area contributed by atoms with E-state index in [-0.39, 0.29) is 0 Å². The summed E-state index contributed by atoms with van der Waals surface area (Å²) in [4.78, 5) is 16.1. The monoisotopic (exact) mass is 454 g/mol. The number of pyridine rings is 1. The van der Waals surface area contributed by atoms with Crippen LogP contribution < -0.4 is 4.90 Å². The molecule has 0 aliphatic carbocycles. The van der Waals surface area contributed by atoms with Gasteiger partial charge in [0, 0.05) is 58.3 Å². The first-order chi connectivity index (χ1) is 16.3. The van der Waals surface area contributed by atoms with Crippen LogP contribution in [0.5, 0.6) is 0 Å². The van der Waals surface area contributed by atoms with E-state index in [1.807, 2.05) is 29.1 Å². The van der Waals surface area contributed by atoms with Crippen LogP contribution in [0.3, 0.4) is 0 Å². The summed E-state index contributed by atoms with van der Waals surface area (Å²) < 4.78 is 8.72. The molecule has 5 aromatic rings. The van der Waals surface area contributed by atoms with Crippen LogP contribution >= 0.6 is 11.3 Å². The van der Waals surface area contributed by atoms with Gasteiger partial charge in [-0.05, 0) is 24.3 Å². The number of imidazole rings is 1. The van der Waals surface area contributed by atoms with Gasteiger partial charge in [0.2, 0.25) is 0 Å². The summed E-state index contributed by atoms with van der Waals surface area (Å²) in [5.41, 5.74) is 5.86. The Hall–Kier alpha value is -3.62. The molecule has 164 valence electrons. The first kappa shape index (κ1) is 20.0. The summed E-state index contributed by atoms with van der Waals surface area (Å²) in [7, 11) is 0. The van der Waals surface area contributed by atoms with Crippen molar-refractivity contribution in [2.75, 3.05) is 31.2 Å². The number of hydrogen-bond donors (Lipinski definition) is 0. The van der Waals surface area contributed by atoms with Crippen molar-refractivity contribution in [1.29, 1.82) is 0 Å². The van der Waals surface area contributed by atoms with Gasteiger partial charge in [0.15, 0.2) is 5.65 Å². The van der Waals surface area contributed by atoms with E-state index in [9.17, 15) is 0 Å². The number of nitrogens with zero attached hydrogens (tertiary/aromatic N) is 6. The van der Waals surface area contributed by atoms with E-state index in [1.165, 1.54) is 10.1 Å². The second-order valence-electron chi connectivity index (χ2n) is 7.91. The number of benzene rings is 1. The third-order valence-corrected chi connectivity index (χ3v) is 6.76.